The summed E-state index contributed by atoms with van der Waals surface area (Å²) < 4.78 is 24.9. The van der Waals surface area contributed by atoms with E-state index in [9.17, 15) is 14.0 Å². The molecule has 0 atom stereocenters. The summed E-state index contributed by atoms with van der Waals surface area (Å²) >= 11 is 0. The molecule has 4 rings (SSSR count). The third-order valence-corrected chi connectivity index (χ3v) is 5.50. The number of rotatable bonds is 4. The summed E-state index contributed by atoms with van der Waals surface area (Å²) in [5.74, 6) is 4.88. The maximum Gasteiger partial charge on any atom is 0.412 e. The summed E-state index contributed by atoms with van der Waals surface area (Å²) in [6.45, 7) is 5.41. The van der Waals surface area contributed by atoms with Crippen LogP contribution in [0.2, 0.25) is 0 Å². The smallest absolute Gasteiger partial charge is 0.412 e. The lowest BCUT2D eigenvalue weighted by atomic mass is 9.98. The summed E-state index contributed by atoms with van der Waals surface area (Å²) in [4.78, 5) is 24.0. The normalized spacial score (nSPS) is 12.0. The number of nitrogens with one attached hydrogen (secondary N) is 2. The number of carbonyl (C=O) groups is 2. The van der Waals surface area contributed by atoms with Crippen LogP contribution < -0.4 is 10.6 Å². The van der Waals surface area contributed by atoms with E-state index in [2.05, 4.69) is 46.7 Å². The van der Waals surface area contributed by atoms with Crippen molar-refractivity contribution < 1.29 is 23.5 Å². The monoisotopic (exact) mass is 486 g/mol. The number of hydrogen-bond donors (Lipinski definition) is 2. The van der Waals surface area contributed by atoms with Crippen LogP contribution in [0.4, 0.5) is 19.7 Å². The molecule has 0 aromatic heterocycles. The van der Waals surface area contributed by atoms with Crippen molar-refractivity contribution in [1.82, 2.24) is 5.32 Å². The molecule has 0 spiro atoms. The quantitative estimate of drug-likeness (QED) is 0.440. The highest BCUT2D eigenvalue weighted by molar-refractivity contribution is 5.85. The van der Waals surface area contributed by atoms with Crippen LogP contribution in [-0.2, 0) is 9.47 Å². The van der Waals surface area contributed by atoms with Crippen molar-refractivity contribution in [2.45, 2.75) is 32.3 Å². The van der Waals surface area contributed by atoms with Gasteiger partial charge in [-0.1, -0.05) is 60.4 Å². The summed E-state index contributed by atoms with van der Waals surface area (Å²) in [6.07, 6.45) is -1.32. The Labute approximate surface area is 209 Å². The highest BCUT2D eigenvalue weighted by Crippen LogP contribution is 2.44. The first kappa shape index (κ1) is 24.8. The fourth-order valence-electron chi connectivity index (χ4n) is 4.02. The standard InChI is InChI=1S/C29H27FN2O4/c1-29(2,3)36-28(34)32-26-15-14-19(17-25(26)30)9-8-16-31-27(33)35-18-24-22-12-6-4-10-20(22)21-11-5-7-13-23(21)24/h4-7,10-15,17,24H,16,18H2,1-3H3,(H,31,33)(H,32,34). The van der Waals surface area contributed by atoms with E-state index >= 15 is 0 Å². The summed E-state index contributed by atoms with van der Waals surface area (Å²) in [5, 5.41) is 4.96. The van der Waals surface area contributed by atoms with Crippen LogP contribution in [0, 0.1) is 17.7 Å². The number of benzene rings is 3. The van der Waals surface area contributed by atoms with Gasteiger partial charge < -0.3 is 14.8 Å². The molecule has 3 aromatic rings. The Kier molecular flexibility index (Phi) is 7.25. The predicted molar refractivity (Wildman–Crippen MR) is 136 cm³/mol. The van der Waals surface area contributed by atoms with E-state index in [1.165, 1.54) is 12.1 Å². The van der Waals surface area contributed by atoms with E-state index in [-0.39, 0.29) is 24.8 Å². The van der Waals surface area contributed by atoms with Gasteiger partial charge in [0.15, 0.2) is 0 Å². The third-order valence-electron chi connectivity index (χ3n) is 5.50. The number of fused-ring (bicyclic) bond motifs is 3. The molecule has 184 valence electrons. The molecule has 0 radical (unpaired) electrons. The average molecular weight is 487 g/mol. The molecule has 1 aliphatic carbocycles. The second kappa shape index (κ2) is 10.5. The maximum absolute atomic E-state index is 14.3. The highest BCUT2D eigenvalue weighted by Gasteiger charge is 2.28. The first-order chi connectivity index (χ1) is 17.2. The number of ether oxygens (including phenoxy) is 2. The first-order valence-electron chi connectivity index (χ1n) is 11.6. The minimum atomic E-state index is -0.743. The molecule has 0 saturated heterocycles. The minimum Gasteiger partial charge on any atom is -0.449 e. The Bertz CT molecular complexity index is 1310. The summed E-state index contributed by atoms with van der Waals surface area (Å²) in [7, 11) is 0. The number of carbonyl (C=O) groups excluding carboxylic acids is 2. The Balaban J connectivity index is 1.28. The molecule has 0 bridgehead atoms. The van der Waals surface area contributed by atoms with Crippen LogP contribution in [0.15, 0.2) is 66.7 Å². The van der Waals surface area contributed by atoms with Crippen molar-refractivity contribution in [3.8, 4) is 23.0 Å². The summed E-state index contributed by atoms with van der Waals surface area (Å²) in [5.41, 5.74) is 4.30. The Morgan fingerprint density at radius 2 is 1.58 bits per heavy atom. The molecule has 0 aliphatic heterocycles. The van der Waals surface area contributed by atoms with Crippen molar-refractivity contribution in [2.75, 3.05) is 18.5 Å². The second-order valence-corrected chi connectivity index (χ2v) is 9.30. The van der Waals surface area contributed by atoms with Crippen molar-refractivity contribution in [3.05, 3.63) is 89.2 Å². The van der Waals surface area contributed by atoms with E-state index in [1.54, 1.807) is 26.8 Å². The van der Waals surface area contributed by atoms with Gasteiger partial charge in [-0.15, -0.1) is 0 Å². The number of hydrogen-bond acceptors (Lipinski definition) is 4. The lowest BCUT2D eigenvalue weighted by Gasteiger charge is -2.19. The van der Waals surface area contributed by atoms with Gasteiger partial charge in [-0.2, -0.15) is 0 Å². The molecular formula is C29H27FN2O4. The summed E-state index contributed by atoms with van der Waals surface area (Å²) in [6, 6.07) is 20.4. The van der Waals surface area contributed by atoms with Gasteiger partial charge in [-0.25, -0.2) is 14.0 Å². The van der Waals surface area contributed by atoms with Gasteiger partial charge in [0, 0.05) is 11.5 Å². The van der Waals surface area contributed by atoms with Gasteiger partial charge in [-0.3, -0.25) is 5.32 Å². The molecule has 0 saturated carbocycles. The number of amides is 2. The number of halogens is 1. The van der Waals surface area contributed by atoms with Gasteiger partial charge in [0.1, 0.15) is 18.0 Å². The van der Waals surface area contributed by atoms with Crippen LogP contribution in [0.3, 0.4) is 0 Å². The van der Waals surface area contributed by atoms with Gasteiger partial charge in [-0.05, 0) is 61.2 Å². The SMILES string of the molecule is CC(C)(C)OC(=O)Nc1ccc(C#CCNC(=O)OCC2c3ccccc3-c3ccccc32)cc1F. The van der Waals surface area contributed by atoms with Gasteiger partial charge in [0.2, 0.25) is 0 Å². The second-order valence-electron chi connectivity index (χ2n) is 9.30. The number of alkyl carbamates (subject to hydrolysis) is 1. The van der Waals surface area contributed by atoms with Gasteiger partial charge >= 0.3 is 12.2 Å². The van der Waals surface area contributed by atoms with Gasteiger partial charge in [0.05, 0.1) is 12.2 Å². The lowest BCUT2D eigenvalue weighted by Crippen LogP contribution is -2.27. The largest absolute Gasteiger partial charge is 0.449 e. The fraction of sp³-hybridized carbons (Fsp3) is 0.241. The van der Waals surface area contributed by atoms with Crippen molar-refractivity contribution in [2.24, 2.45) is 0 Å². The molecule has 2 N–H and O–H groups in total. The van der Waals surface area contributed by atoms with E-state index in [1.807, 2.05) is 24.3 Å². The molecule has 2 amide bonds. The number of anilines is 1. The Morgan fingerprint density at radius 1 is 0.944 bits per heavy atom. The highest BCUT2D eigenvalue weighted by atomic mass is 19.1. The zero-order chi connectivity index (χ0) is 25.7. The topological polar surface area (TPSA) is 76.7 Å². The van der Waals surface area contributed by atoms with Crippen molar-refractivity contribution in [1.29, 1.82) is 0 Å². The van der Waals surface area contributed by atoms with Crippen LogP contribution in [0.1, 0.15) is 43.4 Å². The molecule has 1 aliphatic rings. The van der Waals surface area contributed by atoms with Gasteiger partial charge in [0.25, 0.3) is 0 Å². The zero-order valence-corrected chi connectivity index (χ0v) is 20.4. The van der Waals surface area contributed by atoms with E-state index in [0.717, 1.165) is 22.3 Å². The lowest BCUT2D eigenvalue weighted by molar-refractivity contribution is 0.0635. The van der Waals surface area contributed by atoms with Crippen LogP contribution >= 0.6 is 0 Å². The molecule has 7 heteroatoms. The van der Waals surface area contributed by atoms with Crippen molar-refractivity contribution in [3.63, 3.8) is 0 Å². The van der Waals surface area contributed by atoms with E-state index < -0.39 is 23.6 Å². The third kappa shape index (κ3) is 6.02. The molecule has 0 unspecified atom stereocenters. The molecular weight excluding hydrogens is 459 g/mol. The molecule has 6 nitrogen and oxygen atoms in total. The molecule has 3 aromatic carbocycles. The van der Waals surface area contributed by atoms with Crippen molar-refractivity contribution >= 4 is 17.9 Å². The average Bonchev–Trinajstić information content (AvgIpc) is 3.15. The molecule has 36 heavy (non-hydrogen) atoms. The van der Waals surface area contributed by atoms with Crippen LogP contribution in [-0.4, -0.2) is 30.9 Å². The van der Waals surface area contributed by atoms with Crippen LogP contribution in [0.25, 0.3) is 11.1 Å². The maximum atomic E-state index is 14.3. The predicted octanol–water partition coefficient (Wildman–Crippen LogP) is 6.06. The Hall–Kier alpha value is -4.31. The van der Waals surface area contributed by atoms with E-state index in [0.29, 0.717) is 5.56 Å². The molecule has 0 heterocycles. The molecule has 0 fully saturated rings. The zero-order valence-electron chi connectivity index (χ0n) is 20.4. The fourth-order valence-corrected chi connectivity index (χ4v) is 4.02. The first-order valence-corrected chi connectivity index (χ1v) is 11.6. The Morgan fingerprint density at radius 3 is 2.19 bits per heavy atom. The van der Waals surface area contributed by atoms with E-state index in [4.69, 9.17) is 9.47 Å². The van der Waals surface area contributed by atoms with Crippen LogP contribution in [0.5, 0.6) is 0 Å². The minimum absolute atomic E-state index is 0.00781.